The van der Waals surface area contributed by atoms with Crippen molar-refractivity contribution < 1.29 is 9.59 Å². The summed E-state index contributed by atoms with van der Waals surface area (Å²) in [6, 6.07) is 8.08. The Balaban J connectivity index is 2.91. The Morgan fingerprint density at radius 3 is 2.22 bits per heavy atom. The van der Waals surface area contributed by atoms with Crippen LogP contribution in [0.2, 0.25) is 0 Å². The van der Waals surface area contributed by atoms with Crippen LogP contribution in [0.3, 0.4) is 0 Å². The standard InChI is InChI=1S/C15H21NO2/c1-4-5-14(15(18)16-10-17)13-8-6-12(7-9-13)11(2)3/h6-11,14H,4-5H2,1-3H3,(H,16,17,18). The van der Waals surface area contributed by atoms with Crippen LogP contribution in [-0.4, -0.2) is 12.3 Å². The van der Waals surface area contributed by atoms with E-state index in [1.165, 1.54) is 5.56 Å². The molecule has 0 spiro atoms. The van der Waals surface area contributed by atoms with E-state index < -0.39 is 0 Å². The van der Waals surface area contributed by atoms with Crippen LogP contribution in [0.15, 0.2) is 24.3 Å². The number of carbonyl (C=O) groups is 2. The van der Waals surface area contributed by atoms with Crippen molar-refractivity contribution >= 4 is 12.3 Å². The van der Waals surface area contributed by atoms with Gasteiger partial charge in [0.2, 0.25) is 12.3 Å². The van der Waals surface area contributed by atoms with E-state index in [1.807, 2.05) is 19.1 Å². The van der Waals surface area contributed by atoms with Gasteiger partial charge in [0.25, 0.3) is 0 Å². The maximum atomic E-state index is 11.8. The Labute approximate surface area is 109 Å². The third-order valence-electron chi connectivity index (χ3n) is 3.10. The highest BCUT2D eigenvalue weighted by molar-refractivity contribution is 5.91. The van der Waals surface area contributed by atoms with Gasteiger partial charge < -0.3 is 0 Å². The molecule has 0 fully saturated rings. The maximum absolute atomic E-state index is 11.8. The van der Waals surface area contributed by atoms with Crippen LogP contribution in [0.5, 0.6) is 0 Å². The molecule has 0 aliphatic rings. The molecule has 1 aromatic rings. The van der Waals surface area contributed by atoms with E-state index in [9.17, 15) is 9.59 Å². The summed E-state index contributed by atoms with van der Waals surface area (Å²) in [6.07, 6.45) is 2.11. The van der Waals surface area contributed by atoms with Crippen molar-refractivity contribution in [3.8, 4) is 0 Å². The number of carbonyl (C=O) groups excluding carboxylic acids is 2. The molecule has 2 amide bonds. The molecule has 0 aliphatic heterocycles. The minimum atomic E-state index is -0.235. The molecular formula is C15H21NO2. The highest BCUT2D eigenvalue weighted by Crippen LogP contribution is 2.24. The summed E-state index contributed by atoms with van der Waals surface area (Å²) >= 11 is 0. The first-order chi connectivity index (χ1) is 8.60. The molecule has 0 aromatic heterocycles. The van der Waals surface area contributed by atoms with Gasteiger partial charge in [0, 0.05) is 0 Å². The minimum Gasteiger partial charge on any atom is -0.299 e. The molecule has 18 heavy (non-hydrogen) atoms. The Kier molecular flexibility index (Phi) is 5.56. The number of benzene rings is 1. The summed E-state index contributed by atoms with van der Waals surface area (Å²) < 4.78 is 0. The van der Waals surface area contributed by atoms with Crippen LogP contribution in [0.1, 0.15) is 56.6 Å². The van der Waals surface area contributed by atoms with Gasteiger partial charge in [0.15, 0.2) is 0 Å². The van der Waals surface area contributed by atoms with Gasteiger partial charge >= 0.3 is 0 Å². The van der Waals surface area contributed by atoms with Crippen LogP contribution < -0.4 is 5.32 Å². The topological polar surface area (TPSA) is 46.2 Å². The predicted octanol–water partition coefficient (Wildman–Crippen LogP) is 2.97. The van der Waals surface area contributed by atoms with Crippen LogP contribution in [-0.2, 0) is 9.59 Å². The highest BCUT2D eigenvalue weighted by atomic mass is 16.2. The van der Waals surface area contributed by atoms with Crippen LogP contribution in [0, 0.1) is 0 Å². The summed E-state index contributed by atoms with van der Waals surface area (Å²) in [5.74, 6) is 0.0260. The fraction of sp³-hybridized carbons (Fsp3) is 0.467. The molecule has 1 aromatic carbocycles. The van der Waals surface area contributed by atoms with Crippen LogP contribution in [0.25, 0.3) is 0 Å². The van der Waals surface area contributed by atoms with Crippen molar-refractivity contribution in [2.75, 3.05) is 0 Å². The normalized spacial score (nSPS) is 12.2. The fourth-order valence-corrected chi connectivity index (χ4v) is 2.01. The molecular weight excluding hydrogens is 226 g/mol. The maximum Gasteiger partial charge on any atom is 0.233 e. The average molecular weight is 247 g/mol. The molecule has 98 valence electrons. The molecule has 3 nitrogen and oxygen atoms in total. The molecule has 0 saturated heterocycles. The van der Waals surface area contributed by atoms with Crippen molar-refractivity contribution in [2.24, 2.45) is 0 Å². The van der Waals surface area contributed by atoms with Gasteiger partial charge in [-0.15, -0.1) is 0 Å². The van der Waals surface area contributed by atoms with Gasteiger partial charge in [-0.25, -0.2) is 0 Å². The molecule has 0 radical (unpaired) electrons. The third kappa shape index (κ3) is 3.69. The quantitative estimate of drug-likeness (QED) is 0.785. The summed E-state index contributed by atoms with van der Waals surface area (Å²) in [5, 5.41) is 2.25. The Hall–Kier alpha value is -1.64. The third-order valence-corrected chi connectivity index (χ3v) is 3.10. The SMILES string of the molecule is CCCC(C(=O)NC=O)c1ccc(C(C)C)cc1. The first-order valence-corrected chi connectivity index (χ1v) is 6.44. The number of imide groups is 1. The van der Waals surface area contributed by atoms with E-state index in [0.29, 0.717) is 12.3 Å². The van der Waals surface area contributed by atoms with Gasteiger partial charge in [0.05, 0.1) is 5.92 Å². The van der Waals surface area contributed by atoms with Gasteiger partial charge in [-0.2, -0.15) is 0 Å². The monoisotopic (exact) mass is 247 g/mol. The van der Waals surface area contributed by atoms with Gasteiger partial charge in [-0.05, 0) is 23.5 Å². The highest BCUT2D eigenvalue weighted by Gasteiger charge is 2.19. The lowest BCUT2D eigenvalue weighted by molar-refractivity contribution is -0.126. The molecule has 0 aliphatic carbocycles. The van der Waals surface area contributed by atoms with Crippen molar-refractivity contribution in [3.05, 3.63) is 35.4 Å². The summed E-state index contributed by atoms with van der Waals surface area (Å²) in [5.41, 5.74) is 2.23. The Morgan fingerprint density at radius 2 is 1.78 bits per heavy atom. The number of amides is 2. The number of hydrogen-bond acceptors (Lipinski definition) is 2. The van der Waals surface area contributed by atoms with Crippen LogP contribution in [0.4, 0.5) is 0 Å². The molecule has 1 rings (SSSR count). The van der Waals surface area contributed by atoms with Gasteiger partial charge in [0.1, 0.15) is 0 Å². The van der Waals surface area contributed by atoms with E-state index in [4.69, 9.17) is 0 Å². The van der Waals surface area contributed by atoms with E-state index >= 15 is 0 Å². The lowest BCUT2D eigenvalue weighted by Gasteiger charge is -2.15. The first-order valence-electron chi connectivity index (χ1n) is 6.44. The van der Waals surface area contributed by atoms with E-state index in [-0.39, 0.29) is 11.8 Å². The largest absolute Gasteiger partial charge is 0.299 e. The smallest absolute Gasteiger partial charge is 0.233 e. The fourth-order valence-electron chi connectivity index (χ4n) is 2.01. The molecule has 1 N–H and O–H groups in total. The van der Waals surface area contributed by atoms with E-state index in [2.05, 4.69) is 31.3 Å². The van der Waals surface area contributed by atoms with E-state index in [1.54, 1.807) is 0 Å². The Bertz CT molecular complexity index is 395. The van der Waals surface area contributed by atoms with E-state index in [0.717, 1.165) is 18.4 Å². The lowest BCUT2D eigenvalue weighted by atomic mass is 9.91. The summed E-state index contributed by atoms with van der Waals surface area (Å²) in [4.78, 5) is 22.2. The zero-order chi connectivity index (χ0) is 13.5. The molecule has 0 saturated carbocycles. The Morgan fingerprint density at radius 1 is 1.22 bits per heavy atom. The first kappa shape index (κ1) is 14.4. The second-order valence-electron chi connectivity index (χ2n) is 4.79. The van der Waals surface area contributed by atoms with Gasteiger partial charge in [-0.1, -0.05) is 51.5 Å². The van der Waals surface area contributed by atoms with Crippen molar-refractivity contribution in [2.45, 2.75) is 45.4 Å². The van der Waals surface area contributed by atoms with Gasteiger partial charge in [-0.3, -0.25) is 14.9 Å². The van der Waals surface area contributed by atoms with Crippen molar-refractivity contribution in [1.29, 1.82) is 0 Å². The second-order valence-corrected chi connectivity index (χ2v) is 4.79. The van der Waals surface area contributed by atoms with Crippen molar-refractivity contribution in [3.63, 3.8) is 0 Å². The van der Waals surface area contributed by atoms with Crippen LogP contribution >= 0.6 is 0 Å². The number of nitrogens with one attached hydrogen (secondary N) is 1. The molecule has 1 unspecified atom stereocenters. The minimum absolute atomic E-state index is 0.218. The second kappa shape index (κ2) is 6.94. The van der Waals surface area contributed by atoms with Crippen molar-refractivity contribution in [1.82, 2.24) is 5.32 Å². The lowest BCUT2D eigenvalue weighted by Crippen LogP contribution is -2.28. The molecule has 0 bridgehead atoms. The predicted molar refractivity (Wildman–Crippen MR) is 72.4 cm³/mol. The molecule has 3 heteroatoms. The zero-order valence-electron chi connectivity index (χ0n) is 11.3. The number of hydrogen-bond donors (Lipinski definition) is 1. The summed E-state index contributed by atoms with van der Waals surface area (Å²) in [6.45, 7) is 6.30. The molecule has 0 heterocycles. The average Bonchev–Trinajstić information content (AvgIpc) is 2.36. The summed E-state index contributed by atoms with van der Waals surface area (Å²) in [7, 11) is 0. The molecule has 1 atom stereocenters. The number of rotatable bonds is 6. The zero-order valence-corrected chi connectivity index (χ0v) is 11.3.